The van der Waals surface area contributed by atoms with Gasteiger partial charge in [-0.15, -0.1) is 13.2 Å². The molecule has 126 valence electrons. The van der Waals surface area contributed by atoms with Gasteiger partial charge in [0, 0.05) is 11.9 Å². The largest absolute Gasteiger partial charge is 0.573 e. The van der Waals surface area contributed by atoms with Crippen LogP contribution in [0.15, 0.2) is 48.7 Å². The van der Waals surface area contributed by atoms with Gasteiger partial charge in [-0.1, -0.05) is 6.07 Å². The lowest BCUT2D eigenvalue weighted by molar-refractivity contribution is -0.274. The number of nitrogens with one attached hydrogen (secondary N) is 1. The van der Waals surface area contributed by atoms with Gasteiger partial charge in [-0.05, 0) is 36.4 Å². The molecule has 0 aliphatic heterocycles. The number of nitrogens with zero attached hydrogens (tertiary/aromatic N) is 1. The summed E-state index contributed by atoms with van der Waals surface area (Å²) in [5.41, 5.74) is 0.280. The van der Waals surface area contributed by atoms with Crippen LogP contribution in [-0.2, 0) is 9.53 Å². The zero-order chi connectivity index (χ0) is 17.6. The molecule has 0 saturated carbocycles. The van der Waals surface area contributed by atoms with Gasteiger partial charge in [0.15, 0.2) is 6.61 Å². The summed E-state index contributed by atoms with van der Waals surface area (Å²) in [4.78, 5) is 27.0. The first-order chi connectivity index (χ1) is 11.3. The zero-order valence-corrected chi connectivity index (χ0v) is 12.0. The van der Waals surface area contributed by atoms with Gasteiger partial charge in [-0.3, -0.25) is 4.79 Å². The van der Waals surface area contributed by atoms with E-state index < -0.39 is 30.6 Å². The molecule has 2 rings (SSSR count). The minimum absolute atomic E-state index is 0.0546. The number of amides is 1. The van der Waals surface area contributed by atoms with Crippen LogP contribution < -0.4 is 10.1 Å². The Morgan fingerprint density at radius 3 is 2.38 bits per heavy atom. The van der Waals surface area contributed by atoms with Gasteiger partial charge in [0.25, 0.3) is 5.91 Å². The minimum atomic E-state index is -4.79. The monoisotopic (exact) mass is 340 g/mol. The van der Waals surface area contributed by atoms with E-state index in [9.17, 15) is 22.8 Å². The Bertz CT molecular complexity index is 703. The van der Waals surface area contributed by atoms with Crippen molar-refractivity contribution in [1.82, 2.24) is 4.98 Å². The molecule has 0 saturated heterocycles. The Morgan fingerprint density at radius 1 is 1.08 bits per heavy atom. The van der Waals surface area contributed by atoms with E-state index in [1.54, 1.807) is 12.1 Å². The maximum atomic E-state index is 12.0. The Balaban J connectivity index is 1.83. The lowest BCUT2D eigenvalue weighted by Gasteiger charge is -2.10. The number of esters is 1. The van der Waals surface area contributed by atoms with E-state index in [-0.39, 0.29) is 11.4 Å². The van der Waals surface area contributed by atoms with Crippen molar-refractivity contribution in [3.8, 4) is 5.75 Å². The third kappa shape index (κ3) is 5.59. The van der Waals surface area contributed by atoms with Crippen LogP contribution in [0.2, 0.25) is 0 Å². The number of carbonyl (C=O) groups excluding carboxylic acids is 2. The molecule has 0 fully saturated rings. The van der Waals surface area contributed by atoms with Crippen LogP contribution in [0, 0.1) is 0 Å². The standard InChI is InChI=1S/C15H11F3N2O4/c16-15(17,18)24-11-6-4-10(5-7-11)20-13(21)9-23-14(22)12-3-1-2-8-19-12/h1-8H,9H2,(H,20,21). The van der Waals surface area contributed by atoms with Gasteiger partial charge in [0.1, 0.15) is 11.4 Å². The fourth-order valence-electron chi connectivity index (χ4n) is 1.63. The molecule has 0 atom stereocenters. The average molecular weight is 340 g/mol. The van der Waals surface area contributed by atoms with Crippen LogP contribution in [-0.4, -0.2) is 29.8 Å². The van der Waals surface area contributed by atoms with Crippen molar-refractivity contribution in [3.63, 3.8) is 0 Å². The molecule has 1 heterocycles. The number of rotatable bonds is 5. The summed E-state index contributed by atoms with van der Waals surface area (Å²) in [6.45, 7) is -0.559. The van der Waals surface area contributed by atoms with E-state index in [4.69, 9.17) is 4.74 Å². The first-order valence-corrected chi connectivity index (χ1v) is 6.57. The Labute approximate surface area is 134 Å². The number of benzene rings is 1. The highest BCUT2D eigenvalue weighted by atomic mass is 19.4. The molecule has 24 heavy (non-hydrogen) atoms. The number of carbonyl (C=O) groups is 2. The van der Waals surface area contributed by atoms with Gasteiger partial charge in [-0.2, -0.15) is 0 Å². The van der Waals surface area contributed by atoms with Crippen molar-refractivity contribution in [2.75, 3.05) is 11.9 Å². The zero-order valence-electron chi connectivity index (χ0n) is 12.0. The molecular weight excluding hydrogens is 329 g/mol. The van der Waals surface area contributed by atoms with Crippen molar-refractivity contribution >= 4 is 17.6 Å². The van der Waals surface area contributed by atoms with Gasteiger partial charge in [0.2, 0.25) is 0 Å². The Kier molecular flexibility index (Phi) is 5.35. The predicted octanol–water partition coefficient (Wildman–Crippen LogP) is 2.78. The van der Waals surface area contributed by atoms with Crippen LogP contribution in [0.5, 0.6) is 5.75 Å². The first kappa shape index (κ1) is 17.3. The number of halogens is 3. The second-order valence-electron chi connectivity index (χ2n) is 4.41. The van der Waals surface area contributed by atoms with Crippen molar-refractivity contribution < 1.29 is 32.2 Å². The highest BCUT2D eigenvalue weighted by Crippen LogP contribution is 2.23. The second kappa shape index (κ2) is 7.44. The van der Waals surface area contributed by atoms with E-state index >= 15 is 0 Å². The number of alkyl halides is 3. The summed E-state index contributed by atoms with van der Waals surface area (Å²) < 4.78 is 44.5. The molecular formula is C15H11F3N2O4. The third-order valence-electron chi connectivity index (χ3n) is 2.58. The summed E-state index contributed by atoms with van der Waals surface area (Å²) in [5, 5.41) is 2.37. The van der Waals surface area contributed by atoms with Crippen LogP contribution in [0.3, 0.4) is 0 Å². The summed E-state index contributed by atoms with van der Waals surface area (Å²) in [5.74, 6) is -1.83. The first-order valence-electron chi connectivity index (χ1n) is 6.57. The molecule has 2 aromatic rings. The molecule has 0 bridgehead atoms. The van der Waals surface area contributed by atoms with E-state index in [1.165, 1.54) is 24.4 Å². The second-order valence-corrected chi connectivity index (χ2v) is 4.41. The summed E-state index contributed by atoms with van der Waals surface area (Å²) in [6, 6.07) is 9.18. The fraction of sp³-hybridized carbons (Fsp3) is 0.133. The molecule has 1 aromatic heterocycles. The molecule has 6 nitrogen and oxygen atoms in total. The van der Waals surface area contributed by atoms with E-state index in [2.05, 4.69) is 15.0 Å². The maximum absolute atomic E-state index is 12.0. The van der Waals surface area contributed by atoms with Crippen LogP contribution in [0.25, 0.3) is 0 Å². The number of pyridine rings is 1. The molecule has 9 heteroatoms. The van der Waals surface area contributed by atoms with Crippen molar-refractivity contribution in [2.45, 2.75) is 6.36 Å². The summed E-state index contributed by atoms with van der Waals surface area (Å²) >= 11 is 0. The number of hydrogen-bond acceptors (Lipinski definition) is 5. The van der Waals surface area contributed by atoms with E-state index in [0.29, 0.717) is 0 Å². The lowest BCUT2D eigenvalue weighted by Crippen LogP contribution is -2.21. The van der Waals surface area contributed by atoms with Crippen molar-refractivity contribution in [3.05, 3.63) is 54.4 Å². The van der Waals surface area contributed by atoms with Crippen LogP contribution >= 0.6 is 0 Å². The molecule has 0 unspecified atom stereocenters. The maximum Gasteiger partial charge on any atom is 0.573 e. The third-order valence-corrected chi connectivity index (χ3v) is 2.58. The Morgan fingerprint density at radius 2 is 1.79 bits per heavy atom. The fourth-order valence-corrected chi connectivity index (χ4v) is 1.63. The lowest BCUT2D eigenvalue weighted by atomic mass is 10.3. The minimum Gasteiger partial charge on any atom is -0.451 e. The normalized spacial score (nSPS) is 10.8. The smallest absolute Gasteiger partial charge is 0.451 e. The molecule has 1 N–H and O–H groups in total. The van der Waals surface area contributed by atoms with Crippen molar-refractivity contribution in [1.29, 1.82) is 0 Å². The van der Waals surface area contributed by atoms with Gasteiger partial charge >= 0.3 is 12.3 Å². The molecule has 1 aromatic carbocycles. The molecule has 0 spiro atoms. The molecule has 1 amide bonds. The highest BCUT2D eigenvalue weighted by molar-refractivity contribution is 5.94. The number of ether oxygens (including phenoxy) is 2. The molecule has 0 aliphatic rings. The van der Waals surface area contributed by atoms with Crippen molar-refractivity contribution in [2.24, 2.45) is 0 Å². The highest BCUT2D eigenvalue weighted by Gasteiger charge is 2.30. The topological polar surface area (TPSA) is 77.5 Å². The predicted molar refractivity (Wildman–Crippen MR) is 76.3 cm³/mol. The SMILES string of the molecule is O=C(COC(=O)c1ccccn1)Nc1ccc(OC(F)(F)F)cc1. The molecule has 0 radical (unpaired) electrons. The number of aromatic nitrogens is 1. The average Bonchev–Trinajstić information content (AvgIpc) is 2.54. The van der Waals surface area contributed by atoms with Gasteiger partial charge in [-0.25, -0.2) is 9.78 Å². The summed E-state index contributed by atoms with van der Waals surface area (Å²) in [7, 11) is 0. The van der Waals surface area contributed by atoms with E-state index in [0.717, 1.165) is 12.1 Å². The Hall–Kier alpha value is -3.10. The van der Waals surface area contributed by atoms with Crippen LogP contribution in [0.4, 0.5) is 18.9 Å². The van der Waals surface area contributed by atoms with Gasteiger partial charge in [0.05, 0.1) is 0 Å². The summed E-state index contributed by atoms with van der Waals surface area (Å²) in [6.07, 6.45) is -3.38. The number of anilines is 1. The quantitative estimate of drug-likeness (QED) is 0.847. The number of hydrogen-bond donors (Lipinski definition) is 1. The van der Waals surface area contributed by atoms with Crippen LogP contribution in [0.1, 0.15) is 10.5 Å². The van der Waals surface area contributed by atoms with E-state index in [1.807, 2.05) is 0 Å². The molecule has 0 aliphatic carbocycles. The van der Waals surface area contributed by atoms with Gasteiger partial charge < -0.3 is 14.8 Å².